The van der Waals surface area contributed by atoms with E-state index in [1.165, 1.54) is 7.11 Å². The lowest BCUT2D eigenvalue weighted by Gasteiger charge is -2.28. The molecule has 0 spiro atoms. The van der Waals surface area contributed by atoms with Gasteiger partial charge in [0, 0.05) is 12.1 Å². The van der Waals surface area contributed by atoms with Crippen molar-refractivity contribution in [3.05, 3.63) is 23.8 Å². The molecule has 1 aliphatic carbocycles. The number of nitrogen functional groups attached to an aromatic ring is 1. The summed E-state index contributed by atoms with van der Waals surface area (Å²) in [5, 5.41) is 3.40. The summed E-state index contributed by atoms with van der Waals surface area (Å²) in [6.07, 6.45) is 4.11. The van der Waals surface area contributed by atoms with Crippen LogP contribution in [-0.4, -0.2) is 25.2 Å². The topological polar surface area (TPSA) is 90.4 Å². The van der Waals surface area contributed by atoms with Crippen LogP contribution in [0.1, 0.15) is 36.0 Å². The third kappa shape index (κ3) is 3.17. The monoisotopic (exact) mass is 263 g/mol. The van der Waals surface area contributed by atoms with Gasteiger partial charge in [-0.25, -0.2) is 4.79 Å². The van der Waals surface area contributed by atoms with Crippen molar-refractivity contribution in [1.29, 1.82) is 0 Å². The summed E-state index contributed by atoms with van der Waals surface area (Å²) in [6, 6.07) is 6.05. The summed E-state index contributed by atoms with van der Waals surface area (Å²) in [6.45, 7) is 0. The van der Waals surface area contributed by atoms with Gasteiger partial charge < -0.3 is 21.5 Å². The Morgan fingerprint density at radius 2 is 2.00 bits per heavy atom. The van der Waals surface area contributed by atoms with Crippen molar-refractivity contribution < 1.29 is 9.53 Å². The summed E-state index contributed by atoms with van der Waals surface area (Å²) in [5.41, 5.74) is 13.6. The van der Waals surface area contributed by atoms with Crippen LogP contribution in [0.3, 0.4) is 0 Å². The van der Waals surface area contributed by atoms with Crippen molar-refractivity contribution in [2.45, 2.75) is 37.8 Å². The predicted octanol–water partition coefficient (Wildman–Crippen LogP) is 1.74. The highest BCUT2D eigenvalue weighted by Gasteiger charge is 2.20. The number of hydrogen-bond donors (Lipinski definition) is 3. The number of benzene rings is 1. The molecule has 19 heavy (non-hydrogen) atoms. The van der Waals surface area contributed by atoms with Crippen LogP contribution < -0.4 is 16.8 Å². The van der Waals surface area contributed by atoms with Crippen LogP contribution in [-0.2, 0) is 4.74 Å². The van der Waals surface area contributed by atoms with Crippen LogP contribution >= 0.6 is 0 Å². The number of para-hydroxylation sites is 1. The molecule has 5 nitrogen and oxygen atoms in total. The molecule has 0 saturated heterocycles. The highest BCUT2D eigenvalue weighted by Crippen LogP contribution is 2.27. The molecule has 0 unspecified atom stereocenters. The second-order valence-corrected chi connectivity index (χ2v) is 5.01. The standard InChI is InChI=1S/C14H21N3O2/c1-19-14(18)11-3-2-4-12(13(11)16)17-10-7-5-9(15)6-8-10/h2-4,9-10,17H,5-8,15-16H2,1H3. The van der Waals surface area contributed by atoms with Crippen molar-refractivity contribution in [3.8, 4) is 0 Å². The van der Waals surface area contributed by atoms with Crippen molar-refractivity contribution in [1.82, 2.24) is 0 Å². The van der Waals surface area contributed by atoms with Gasteiger partial charge in [0.15, 0.2) is 0 Å². The Morgan fingerprint density at radius 3 is 2.63 bits per heavy atom. The van der Waals surface area contributed by atoms with E-state index in [9.17, 15) is 4.79 Å². The smallest absolute Gasteiger partial charge is 0.340 e. The molecule has 1 fully saturated rings. The van der Waals surface area contributed by atoms with Crippen molar-refractivity contribution >= 4 is 17.3 Å². The molecule has 0 radical (unpaired) electrons. The Morgan fingerprint density at radius 1 is 1.32 bits per heavy atom. The fourth-order valence-electron chi connectivity index (χ4n) is 2.46. The van der Waals surface area contributed by atoms with E-state index >= 15 is 0 Å². The van der Waals surface area contributed by atoms with Gasteiger partial charge in [0.1, 0.15) is 0 Å². The molecule has 5 N–H and O–H groups in total. The van der Waals surface area contributed by atoms with E-state index in [0.29, 0.717) is 23.3 Å². The maximum absolute atomic E-state index is 11.6. The van der Waals surface area contributed by atoms with Gasteiger partial charge in [0.2, 0.25) is 0 Å². The zero-order valence-corrected chi connectivity index (χ0v) is 11.2. The van der Waals surface area contributed by atoms with E-state index in [1.54, 1.807) is 12.1 Å². The zero-order chi connectivity index (χ0) is 13.8. The van der Waals surface area contributed by atoms with E-state index in [1.807, 2.05) is 6.07 Å². The molecule has 0 bridgehead atoms. The highest BCUT2D eigenvalue weighted by atomic mass is 16.5. The maximum Gasteiger partial charge on any atom is 0.340 e. The second-order valence-electron chi connectivity index (χ2n) is 5.01. The lowest BCUT2D eigenvalue weighted by Crippen LogP contribution is -2.33. The fraction of sp³-hybridized carbons (Fsp3) is 0.500. The normalized spacial score (nSPS) is 22.8. The summed E-state index contributed by atoms with van der Waals surface area (Å²) in [4.78, 5) is 11.6. The lowest BCUT2D eigenvalue weighted by atomic mass is 9.91. The summed E-state index contributed by atoms with van der Waals surface area (Å²) in [7, 11) is 1.35. The van der Waals surface area contributed by atoms with Crippen LogP contribution in [0.15, 0.2) is 18.2 Å². The van der Waals surface area contributed by atoms with E-state index in [4.69, 9.17) is 16.2 Å². The number of carbonyl (C=O) groups excluding carboxylic acids is 1. The number of hydrogen-bond acceptors (Lipinski definition) is 5. The molecule has 0 amide bonds. The van der Waals surface area contributed by atoms with Gasteiger partial charge in [0.25, 0.3) is 0 Å². The van der Waals surface area contributed by atoms with Gasteiger partial charge in [0.05, 0.1) is 24.0 Å². The van der Waals surface area contributed by atoms with Crippen LogP contribution in [0.25, 0.3) is 0 Å². The predicted molar refractivity (Wildman–Crippen MR) is 76.0 cm³/mol. The first-order valence-electron chi connectivity index (χ1n) is 6.60. The average molecular weight is 263 g/mol. The first kappa shape index (κ1) is 13.7. The number of nitrogens with one attached hydrogen (secondary N) is 1. The van der Waals surface area contributed by atoms with Gasteiger partial charge in [-0.05, 0) is 37.8 Å². The summed E-state index contributed by atoms with van der Waals surface area (Å²) in [5.74, 6) is -0.410. The van der Waals surface area contributed by atoms with E-state index in [0.717, 1.165) is 31.4 Å². The SMILES string of the molecule is COC(=O)c1cccc(NC2CCC(N)CC2)c1N. The zero-order valence-electron chi connectivity index (χ0n) is 11.2. The van der Waals surface area contributed by atoms with Gasteiger partial charge in [-0.1, -0.05) is 6.07 Å². The van der Waals surface area contributed by atoms with Crippen molar-refractivity contribution in [2.24, 2.45) is 5.73 Å². The minimum absolute atomic E-state index is 0.316. The summed E-state index contributed by atoms with van der Waals surface area (Å²) < 4.78 is 4.71. The molecule has 1 aromatic rings. The van der Waals surface area contributed by atoms with Gasteiger partial charge in [-0.2, -0.15) is 0 Å². The van der Waals surface area contributed by atoms with Crippen LogP contribution in [0, 0.1) is 0 Å². The number of anilines is 2. The van der Waals surface area contributed by atoms with E-state index < -0.39 is 5.97 Å². The molecule has 5 heteroatoms. The number of ether oxygens (including phenoxy) is 1. The molecule has 2 rings (SSSR count). The molecule has 1 aliphatic rings. The van der Waals surface area contributed by atoms with Crippen LogP contribution in [0.2, 0.25) is 0 Å². The third-order valence-corrected chi connectivity index (χ3v) is 3.64. The number of methoxy groups -OCH3 is 1. The first-order chi connectivity index (χ1) is 9.11. The van der Waals surface area contributed by atoms with Crippen molar-refractivity contribution in [3.63, 3.8) is 0 Å². The molecule has 0 heterocycles. The Hall–Kier alpha value is -1.75. The number of esters is 1. The molecule has 0 aliphatic heterocycles. The highest BCUT2D eigenvalue weighted by molar-refractivity contribution is 5.98. The van der Waals surface area contributed by atoms with E-state index in [2.05, 4.69) is 5.32 Å². The van der Waals surface area contributed by atoms with Gasteiger partial charge in [-0.3, -0.25) is 0 Å². The number of rotatable bonds is 3. The average Bonchev–Trinajstić information content (AvgIpc) is 2.43. The molecule has 1 aromatic carbocycles. The quantitative estimate of drug-likeness (QED) is 0.571. The van der Waals surface area contributed by atoms with Gasteiger partial charge in [-0.15, -0.1) is 0 Å². The Kier molecular flexibility index (Phi) is 4.27. The van der Waals surface area contributed by atoms with Crippen LogP contribution in [0.4, 0.5) is 11.4 Å². The Balaban J connectivity index is 2.10. The van der Waals surface area contributed by atoms with Crippen molar-refractivity contribution in [2.75, 3.05) is 18.2 Å². The second kappa shape index (κ2) is 5.93. The lowest BCUT2D eigenvalue weighted by molar-refractivity contribution is 0.0602. The molecule has 104 valence electrons. The Bertz CT molecular complexity index is 454. The van der Waals surface area contributed by atoms with E-state index in [-0.39, 0.29) is 0 Å². The molecular weight excluding hydrogens is 242 g/mol. The summed E-state index contributed by atoms with van der Waals surface area (Å²) >= 11 is 0. The molecule has 0 aromatic heterocycles. The molecular formula is C14H21N3O2. The fourth-order valence-corrected chi connectivity index (χ4v) is 2.46. The van der Waals surface area contributed by atoms with Gasteiger partial charge >= 0.3 is 5.97 Å². The third-order valence-electron chi connectivity index (χ3n) is 3.64. The number of carbonyl (C=O) groups is 1. The van der Waals surface area contributed by atoms with Crippen LogP contribution in [0.5, 0.6) is 0 Å². The minimum Gasteiger partial charge on any atom is -0.465 e. The first-order valence-corrected chi connectivity index (χ1v) is 6.60. The molecule has 0 atom stereocenters. The molecule has 1 saturated carbocycles. The largest absolute Gasteiger partial charge is 0.465 e. The Labute approximate surface area is 113 Å². The minimum atomic E-state index is -0.410. The number of nitrogens with two attached hydrogens (primary N) is 2. The maximum atomic E-state index is 11.6.